The normalized spacial score (nSPS) is 12.2. The molecule has 7 nitrogen and oxygen atoms in total. The lowest BCUT2D eigenvalue weighted by Gasteiger charge is -2.18. The maximum absolute atomic E-state index is 12.8. The van der Waals surface area contributed by atoms with Crippen LogP contribution < -0.4 is 24.4 Å². The summed E-state index contributed by atoms with van der Waals surface area (Å²) in [6, 6.07) is 14.5. The van der Waals surface area contributed by atoms with Crippen LogP contribution in [0.5, 0.6) is 17.2 Å². The SMILES string of the molecule is COc1cc(NC(=O)CN2C(=O)c3cccc4cccc2c34)cc(OC)c1OC. The molecule has 0 fully saturated rings. The molecule has 3 aromatic rings. The van der Waals surface area contributed by atoms with Gasteiger partial charge in [-0.25, -0.2) is 0 Å². The van der Waals surface area contributed by atoms with Gasteiger partial charge in [-0.3, -0.25) is 14.5 Å². The highest BCUT2D eigenvalue weighted by Crippen LogP contribution is 2.40. The minimum Gasteiger partial charge on any atom is -0.493 e. The summed E-state index contributed by atoms with van der Waals surface area (Å²) in [7, 11) is 4.52. The number of ether oxygens (including phenoxy) is 3. The average Bonchev–Trinajstić information content (AvgIpc) is 3.01. The number of nitrogens with one attached hydrogen (secondary N) is 1. The van der Waals surface area contributed by atoms with E-state index in [0.717, 1.165) is 16.5 Å². The van der Waals surface area contributed by atoms with Crippen molar-refractivity contribution in [2.75, 3.05) is 38.1 Å². The van der Waals surface area contributed by atoms with E-state index in [1.807, 2.05) is 30.3 Å². The monoisotopic (exact) mass is 392 g/mol. The smallest absolute Gasteiger partial charge is 0.259 e. The van der Waals surface area contributed by atoms with Crippen molar-refractivity contribution in [1.29, 1.82) is 0 Å². The molecule has 1 aliphatic rings. The average molecular weight is 392 g/mol. The molecule has 148 valence electrons. The van der Waals surface area contributed by atoms with Crippen molar-refractivity contribution in [2.45, 2.75) is 0 Å². The Bertz CT molecular complexity index is 1100. The second-order valence-corrected chi connectivity index (χ2v) is 6.53. The predicted octanol–water partition coefficient (Wildman–Crippen LogP) is 3.46. The van der Waals surface area contributed by atoms with E-state index in [1.54, 1.807) is 18.2 Å². The van der Waals surface area contributed by atoms with Gasteiger partial charge in [0.15, 0.2) is 11.5 Å². The Morgan fingerprint density at radius 3 is 2.24 bits per heavy atom. The summed E-state index contributed by atoms with van der Waals surface area (Å²) in [5.74, 6) is 0.771. The largest absolute Gasteiger partial charge is 0.493 e. The third-order valence-corrected chi connectivity index (χ3v) is 4.90. The van der Waals surface area contributed by atoms with Crippen LogP contribution in [-0.4, -0.2) is 39.7 Å². The van der Waals surface area contributed by atoms with Crippen molar-refractivity contribution in [3.8, 4) is 17.2 Å². The van der Waals surface area contributed by atoms with E-state index in [9.17, 15) is 9.59 Å². The van der Waals surface area contributed by atoms with Crippen molar-refractivity contribution < 1.29 is 23.8 Å². The first-order chi connectivity index (χ1) is 14.1. The minimum atomic E-state index is -0.336. The molecule has 0 aliphatic carbocycles. The molecule has 3 aromatic carbocycles. The van der Waals surface area contributed by atoms with Crippen molar-refractivity contribution in [3.63, 3.8) is 0 Å². The zero-order chi connectivity index (χ0) is 20.5. The Morgan fingerprint density at radius 2 is 1.62 bits per heavy atom. The summed E-state index contributed by atoms with van der Waals surface area (Å²) < 4.78 is 15.9. The first-order valence-corrected chi connectivity index (χ1v) is 9.01. The molecule has 1 heterocycles. The molecule has 0 spiro atoms. The van der Waals surface area contributed by atoms with E-state index in [4.69, 9.17) is 14.2 Å². The first-order valence-electron chi connectivity index (χ1n) is 9.01. The fourth-order valence-corrected chi connectivity index (χ4v) is 3.63. The highest BCUT2D eigenvalue weighted by molar-refractivity contribution is 6.26. The second-order valence-electron chi connectivity index (χ2n) is 6.53. The van der Waals surface area contributed by atoms with Crippen LogP contribution in [0.4, 0.5) is 11.4 Å². The zero-order valence-electron chi connectivity index (χ0n) is 16.3. The van der Waals surface area contributed by atoms with Gasteiger partial charge in [-0.05, 0) is 17.5 Å². The molecule has 29 heavy (non-hydrogen) atoms. The van der Waals surface area contributed by atoms with Crippen LogP contribution in [0.3, 0.4) is 0 Å². The zero-order valence-corrected chi connectivity index (χ0v) is 16.3. The Morgan fingerprint density at radius 1 is 0.966 bits per heavy atom. The van der Waals surface area contributed by atoms with Crippen LogP contribution in [-0.2, 0) is 4.79 Å². The standard InChI is InChI=1S/C22H20N2O5/c1-27-17-10-14(11-18(28-2)21(17)29-3)23-19(25)12-24-16-9-5-7-13-6-4-8-15(20(13)16)22(24)26/h4-11H,12H2,1-3H3,(H,23,25). The third-order valence-electron chi connectivity index (χ3n) is 4.90. The number of hydrogen-bond acceptors (Lipinski definition) is 5. The van der Waals surface area contributed by atoms with Crippen molar-refractivity contribution in [1.82, 2.24) is 0 Å². The van der Waals surface area contributed by atoms with Crippen molar-refractivity contribution >= 4 is 34.0 Å². The number of methoxy groups -OCH3 is 3. The van der Waals surface area contributed by atoms with Crippen molar-refractivity contribution in [2.24, 2.45) is 0 Å². The fourth-order valence-electron chi connectivity index (χ4n) is 3.63. The lowest BCUT2D eigenvalue weighted by atomic mass is 10.1. The molecule has 0 saturated heterocycles. The number of benzene rings is 3. The van der Waals surface area contributed by atoms with Gasteiger partial charge in [0, 0.05) is 28.8 Å². The summed E-state index contributed by atoms with van der Waals surface area (Å²) >= 11 is 0. The molecule has 0 saturated carbocycles. The Hall–Kier alpha value is -3.74. The van der Waals surface area contributed by atoms with Gasteiger partial charge in [0.2, 0.25) is 11.7 Å². The number of carbonyl (C=O) groups is 2. The van der Waals surface area contributed by atoms with E-state index in [-0.39, 0.29) is 18.4 Å². The third kappa shape index (κ3) is 3.10. The fraction of sp³-hybridized carbons (Fsp3) is 0.182. The van der Waals surface area contributed by atoms with Gasteiger partial charge in [0.1, 0.15) is 6.54 Å². The van der Waals surface area contributed by atoms with E-state index in [0.29, 0.717) is 28.5 Å². The number of anilines is 2. The Labute approximate surface area is 167 Å². The summed E-state index contributed by atoms with van der Waals surface area (Å²) in [5.41, 5.74) is 1.83. The number of rotatable bonds is 6. The van der Waals surface area contributed by atoms with E-state index in [2.05, 4.69) is 5.32 Å². The summed E-state index contributed by atoms with van der Waals surface area (Å²) in [6.07, 6.45) is 0. The van der Waals surface area contributed by atoms with Gasteiger partial charge in [-0.2, -0.15) is 0 Å². The highest BCUT2D eigenvalue weighted by Gasteiger charge is 2.31. The number of amides is 2. The second kappa shape index (κ2) is 7.35. The molecule has 1 aliphatic heterocycles. The molecule has 4 rings (SSSR count). The molecule has 0 bridgehead atoms. The molecule has 0 aromatic heterocycles. The molecule has 0 radical (unpaired) electrons. The van der Waals surface area contributed by atoms with Gasteiger partial charge in [0.25, 0.3) is 5.91 Å². The topological polar surface area (TPSA) is 77.1 Å². The summed E-state index contributed by atoms with van der Waals surface area (Å²) in [6.45, 7) is -0.108. The lowest BCUT2D eigenvalue weighted by molar-refractivity contribution is -0.114. The van der Waals surface area contributed by atoms with E-state index >= 15 is 0 Å². The van der Waals surface area contributed by atoms with E-state index in [1.165, 1.54) is 26.2 Å². The van der Waals surface area contributed by atoms with Crippen LogP contribution >= 0.6 is 0 Å². The maximum atomic E-state index is 12.8. The Balaban J connectivity index is 1.59. The van der Waals surface area contributed by atoms with Crippen LogP contribution in [0.1, 0.15) is 10.4 Å². The van der Waals surface area contributed by atoms with Crippen LogP contribution in [0.2, 0.25) is 0 Å². The molecular weight excluding hydrogens is 372 g/mol. The predicted molar refractivity (Wildman–Crippen MR) is 110 cm³/mol. The number of nitrogens with zero attached hydrogens (tertiary/aromatic N) is 1. The molecule has 2 amide bonds. The van der Waals surface area contributed by atoms with Crippen LogP contribution in [0.25, 0.3) is 10.8 Å². The van der Waals surface area contributed by atoms with Gasteiger partial charge in [0.05, 0.1) is 27.0 Å². The molecule has 7 heteroatoms. The van der Waals surface area contributed by atoms with Crippen LogP contribution in [0.15, 0.2) is 48.5 Å². The number of hydrogen-bond donors (Lipinski definition) is 1. The summed E-state index contributed by atoms with van der Waals surface area (Å²) in [5, 5.41) is 4.65. The van der Waals surface area contributed by atoms with Gasteiger partial charge in [-0.15, -0.1) is 0 Å². The van der Waals surface area contributed by atoms with Gasteiger partial charge in [-0.1, -0.05) is 24.3 Å². The number of carbonyl (C=O) groups excluding carboxylic acids is 2. The molecular formula is C22H20N2O5. The summed E-state index contributed by atoms with van der Waals surface area (Å²) in [4.78, 5) is 27.1. The lowest BCUT2D eigenvalue weighted by Crippen LogP contribution is -2.35. The first kappa shape index (κ1) is 18.6. The maximum Gasteiger partial charge on any atom is 0.259 e. The van der Waals surface area contributed by atoms with Crippen LogP contribution in [0, 0.1) is 0 Å². The van der Waals surface area contributed by atoms with E-state index < -0.39 is 0 Å². The van der Waals surface area contributed by atoms with Crippen molar-refractivity contribution in [3.05, 3.63) is 54.1 Å². The minimum absolute atomic E-state index is 0.108. The molecule has 0 unspecified atom stereocenters. The molecule has 0 atom stereocenters. The van der Waals surface area contributed by atoms with Gasteiger partial charge < -0.3 is 19.5 Å². The quantitative estimate of drug-likeness (QED) is 0.695. The van der Waals surface area contributed by atoms with Gasteiger partial charge >= 0.3 is 0 Å². The molecule has 1 N–H and O–H groups in total. The highest BCUT2D eigenvalue weighted by atomic mass is 16.5. The Kier molecular flexibility index (Phi) is 4.72.